The highest BCUT2D eigenvalue weighted by Gasteiger charge is 2.33. The minimum atomic E-state index is -0.388. The highest BCUT2D eigenvalue weighted by Crippen LogP contribution is 2.34. The number of nitrogens with one attached hydrogen (secondary N) is 1. The van der Waals surface area contributed by atoms with Gasteiger partial charge in [0.05, 0.1) is 0 Å². The second-order valence-corrected chi connectivity index (χ2v) is 4.36. The molecule has 2 N–H and O–H groups in total. The molecule has 0 aromatic heterocycles. The zero-order valence-corrected chi connectivity index (χ0v) is 8.29. The van der Waals surface area contributed by atoms with E-state index in [0.717, 1.165) is 11.3 Å². The van der Waals surface area contributed by atoms with Crippen LogP contribution in [0.15, 0.2) is 18.2 Å². The molecule has 1 aliphatic heterocycles. The maximum atomic E-state index is 11.6. The van der Waals surface area contributed by atoms with Gasteiger partial charge in [0.2, 0.25) is 5.91 Å². The Bertz CT molecular complexity index is 396. The quantitative estimate of drug-likeness (QED) is 0.615. The van der Waals surface area contributed by atoms with E-state index in [1.807, 2.05) is 13.8 Å². The summed E-state index contributed by atoms with van der Waals surface area (Å²) in [7, 11) is 0. The Hall–Kier alpha value is -1.51. The Morgan fingerprint density at radius 3 is 2.86 bits per heavy atom. The zero-order valence-electron chi connectivity index (χ0n) is 8.29. The minimum Gasteiger partial charge on any atom is -0.508 e. The molecule has 3 nitrogen and oxygen atoms in total. The molecule has 0 atom stereocenters. The molecular weight excluding hydrogens is 178 g/mol. The molecule has 74 valence electrons. The Kier molecular flexibility index (Phi) is 1.77. The van der Waals surface area contributed by atoms with Gasteiger partial charge in [0, 0.05) is 11.1 Å². The lowest BCUT2D eigenvalue weighted by Crippen LogP contribution is -2.36. The number of hydrogen-bond acceptors (Lipinski definition) is 2. The Morgan fingerprint density at radius 1 is 1.43 bits per heavy atom. The summed E-state index contributed by atoms with van der Waals surface area (Å²) in [5.74, 6) is 0.284. The van der Waals surface area contributed by atoms with Crippen molar-refractivity contribution in [3.63, 3.8) is 0 Å². The maximum Gasteiger partial charge on any atom is 0.230 e. The molecule has 14 heavy (non-hydrogen) atoms. The Morgan fingerprint density at radius 2 is 2.14 bits per heavy atom. The summed E-state index contributed by atoms with van der Waals surface area (Å²) in [5.41, 5.74) is 1.42. The number of phenols is 1. The highest BCUT2D eigenvalue weighted by molar-refractivity contribution is 5.98. The zero-order chi connectivity index (χ0) is 10.3. The van der Waals surface area contributed by atoms with Crippen LogP contribution in [0.5, 0.6) is 5.75 Å². The van der Waals surface area contributed by atoms with Crippen molar-refractivity contribution in [3.8, 4) is 5.75 Å². The average Bonchev–Trinajstić information content (AvgIpc) is 2.07. The summed E-state index contributed by atoms with van der Waals surface area (Å²) >= 11 is 0. The predicted molar refractivity (Wildman–Crippen MR) is 54.2 cm³/mol. The Labute approximate surface area is 82.8 Å². The van der Waals surface area contributed by atoms with E-state index in [-0.39, 0.29) is 17.1 Å². The summed E-state index contributed by atoms with van der Waals surface area (Å²) in [5, 5.41) is 12.1. The molecule has 1 aromatic rings. The molecule has 0 spiro atoms. The summed E-state index contributed by atoms with van der Waals surface area (Å²) in [6.45, 7) is 3.80. The van der Waals surface area contributed by atoms with Crippen LogP contribution in [0.4, 0.5) is 5.69 Å². The van der Waals surface area contributed by atoms with Crippen LogP contribution < -0.4 is 5.32 Å². The van der Waals surface area contributed by atoms with E-state index in [1.54, 1.807) is 18.2 Å². The van der Waals surface area contributed by atoms with Crippen LogP contribution in [0.2, 0.25) is 0 Å². The molecule has 1 heterocycles. The first-order valence-corrected chi connectivity index (χ1v) is 4.62. The lowest BCUT2D eigenvalue weighted by atomic mass is 9.81. The molecule has 0 bridgehead atoms. The van der Waals surface area contributed by atoms with Crippen LogP contribution >= 0.6 is 0 Å². The van der Waals surface area contributed by atoms with Crippen molar-refractivity contribution in [3.05, 3.63) is 23.8 Å². The van der Waals surface area contributed by atoms with Crippen LogP contribution in [-0.2, 0) is 11.2 Å². The third-order valence-corrected chi connectivity index (χ3v) is 2.58. The van der Waals surface area contributed by atoms with Crippen LogP contribution in [0, 0.1) is 5.41 Å². The van der Waals surface area contributed by atoms with Gasteiger partial charge in [-0.05, 0) is 30.2 Å². The number of amides is 1. The fourth-order valence-electron chi connectivity index (χ4n) is 1.70. The molecule has 0 saturated heterocycles. The second kappa shape index (κ2) is 2.74. The number of anilines is 1. The first-order chi connectivity index (χ1) is 6.49. The van der Waals surface area contributed by atoms with Gasteiger partial charge in [0.15, 0.2) is 0 Å². The number of aromatic hydroxyl groups is 1. The van der Waals surface area contributed by atoms with Crippen molar-refractivity contribution < 1.29 is 9.90 Å². The van der Waals surface area contributed by atoms with Crippen molar-refractivity contribution in [2.45, 2.75) is 20.3 Å². The molecule has 0 saturated carbocycles. The van der Waals surface area contributed by atoms with Gasteiger partial charge in [-0.1, -0.05) is 13.8 Å². The largest absolute Gasteiger partial charge is 0.508 e. The van der Waals surface area contributed by atoms with Crippen molar-refractivity contribution >= 4 is 11.6 Å². The van der Waals surface area contributed by atoms with E-state index >= 15 is 0 Å². The summed E-state index contributed by atoms with van der Waals surface area (Å²) in [4.78, 5) is 11.6. The van der Waals surface area contributed by atoms with Gasteiger partial charge in [-0.25, -0.2) is 0 Å². The molecular formula is C11H13NO2. The predicted octanol–water partition coefficient (Wildman–Crippen LogP) is 1.91. The fraction of sp³-hybridized carbons (Fsp3) is 0.364. The third kappa shape index (κ3) is 1.35. The number of fused-ring (bicyclic) bond motifs is 1. The van der Waals surface area contributed by atoms with Crippen molar-refractivity contribution in [2.24, 2.45) is 5.41 Å². The number of benzene rings is 1. The maximum absolute atomic E-state index is 11.6. The molecule has 0 aliphatic carbocycles. The third-order valence-electron chi connectivity index (χ3n) is 2.58. The molecule has 0 unspecified atom stereocenters. The van der Waals surface area contributed by atoms with Gasteiger partial charge in [-0.3, -0.25) is 4.79 Å². The van der Waals surface area contributed by atoms with Gasteiger partial charge in [0.1, 0.15) is 5.75 Å². The van der Waals surface area contributed by atoms with Crippen LogP contribution in [0.1, 0.15) is 19.4 Å². The molecule has 1 aliphatic rings. The minimum absolute atomic E-state index is 0.0377. The van der Waals surface area contributed by atoms with E-state index in [2.05, 4.69) is 5.32 Å². The average molecular weight is 191 g/mol. The van der Waals surface area contributed by atoms with E-state index in [9.17, 15) is 9.90 Å². The SMILES string of the molecule is CC1(C)Cc2cc(O)ccc2NC1=O. The monoisotopic (exact) mass is 191 g/mol. The standard InChI is InChI=1S/C11H13NO2/c1-11(2)6-7-5-8(13)3-4-9(7)12-10(11)14/h3-5,13H,6H2,1-2H3,(H,12,14). The number of carbonyl (C=O) groups is 1. The van der Waals surface area contributed by atoms with Gasteiger partial charge in [-0.15, -0.1) is 0 Å². The first-order valence-electron chi connectivity index (χ1n) is 4.62. The molecule has 2 rings (SSSR count). The van der Waals surface area contributed by atoms with E-state index in [0.29, 0.717) is 6.42 Å². The summed E-state index contributed by atoms with van der Waals surface area (Å²) in [6.07, 6.45) is 0.669. The van der Waals surface area contributed by atoms with Crippen LogP contribution in [0.3, 0.4) is 0 Å². The van der Waals surface area contributed by atoms with Crippen LogP contribution in [0.25, 0.3) is 0 Å². The molecule has 0 radical (unpaired) electrons. The van der Waals surface area contributed by atoms with E-state index in [4.69, 9.17) is 0 Å². The van der Waals surface area contributed by atoms with Crippen LogP contribution in [-0.4, -0.2) is 11.0 Å². The Balaban J connectivity index is 2.46. The number of phenolic OH excluding ortho intramolecular Hbond substituents is 1. The van der Waals surface area contributed by atoms with Crippen molar-refractivity contribution in [1.82, 2.24) is 0 Å². The lowest BCUT2D eigenvalue weighted by molar-refractivity contribution is -0.124. The summed E-state index contributed by atoms with van der Waals surface area (Å²) < 4.78 is 0. The van der Waals surface area contributed by atoms with Gasteiger partial charge in [-0.2, -0.15) is 0 Å². The lowest BCUT2D eigenvalue weighted by Gasteiger charge is -2.30. The number of rotatable bonds is 0. The van der Waals surface area contributed by atoms with Crippen molar-refractivity contribution in [1.29, 1.82) is 0 Å². The molecule has 3 heteroatoms. The second-order valence-electron chi connectivity index (χ2n) is 4.36. The number of carbonyl (C=O) groups excluding carboxylic acids is 1. The van der Waals surface area contributed by atoms with E-state index in [1.165, 1.54) is 0 Å². The van der Waals surface area contributed by atoms with Crippen molar-refractivity contribution in [2.75, 3.05) is 5.32 Å². The molecule has 1 amide bonds. The van der Waals surface area contributed by atoms with Gasteiger partial charge in [0.25, 0.3) is 0 Å². The summed E-state index contributed by atoms with van der Waals surface area (Å²) in [6, 6.07) is 5.02. The topological polar surface area (TPSA) is 49.3 Å². The molecule has 1 aromatic carbocycles. The highest BCUT2D eigenvalue weighted by atomic mass is 16.3. The first kappa shape index (κ1) is 9.06. The smallest absolute Gasteiger partial charge is 0.230 e. The van der Waals surface area contributed by atoms with Gasteiger partial charge < -0.3 is 10.4 Å². The van der Waals surface area contributed by atoms with E-state index < -0.39 is 0 Å². The number of hydrogen-bond donors (Lipinski definition) is 2. The fourth-order valence-corrected chi connectivity index (χ4v) is 1.70. The van der Waals surface area contributed by atoms with Gasteiger partial charge >= 0.3 is 0 Å². The molecule has 0 fully saturated rings. The normalized spacial score (nSPS) is 18.6.